The van der Waals surface area contributed by atoms with Crippen LogP contribution in [0.1, 0.15) is 69.8 Å². The standard InChI is InChI=1S/C20H34N6O3S/c1-3-4-12-17-22-18-16(11-7-5-6-8-13-25-14-9-10-15-25)24-26(29-30(2,27)28)19(18)20(21)23-17/h3-15H2,1-2H3,(H2,21,22,23). The smallest absolute Gasteiger partial charge is 0.325 e. The molecule has 0 aliphatic carbocycles. The Bertz CT molecular complexity index is 938. The topological polar surface area (TPSA) is 116 Å². The Kier molecular flexibility index (Phi) is 7.87. The second-order valence-electron chi connectivity index (χ2n) is 8.14. The number of hydrogen-bond donors (Lipinski definition) is 1. The minimum Gasteiger partial charge on any atom is -0.382 e. The summed E-state index contributed by atoms with van der Waals surface area (Å²) in [7, 11) is -3.75. The van der Waals surface area contributed by atoms with E-state index in [1.165, 1.54) is 45.3 Å². The molecule has 2 aromatic rings. The van der Waals surface area contributed by atoms with E-state index in [2.05, 4.69) is 26.9 Å². The van der Waals surface area contributed by atoms with Crippen LogP contribution in [-0.4, -0.2) is 59.1 Å². The molecule has 0 atom stereocenters. The highest BCUT2D eigenvalue weighted by Gasteiger charge is 2.20. The molecule has 2 aromatic heterocycles. The monoisotopic (exact) mass is 438 g/mol. The summed E-state index contributed by atoms with van der Waals surface area (Å²) in [5.74, 6) is 0.853. The largest absolute Gasteiger partial charge is 0.382 e. The molecule has 1 fully saturated rings. The number of unbranched alkanes of at least 4 members (excludes halogenated alkanes) is 4. The van der Waals surface area contributed by atoms with Crippen LogP contribution in [0.15, 0.2) is 0 Å². The molecule has 3 rings (SSSR count). The molecule has 9 nitrogen and oxygen atoms in total. The van der Waals surface area contributed by atoms with Crippen LogP contribution in [0.25, 0.3) is 11.0 Å². The average Bonchev–Trinajstić information content (AvgIpc) is 3.30. The molecular formula is C20H34N6O3S. The third-order valence-corrected chi connectivity index (χ3v) is 5.84. The molecule has 1 aliphatic rings. The average molecular weight is 439 g/mol. The quantitative estimate of drug-likeness (QED) is 0.502. The van der Waals surface area contributed by atoms with Crippen LogP contribution in [0.3, 0.4) is 0 Å². The fourth-order valence-corrected chi connectivity index (χ4v) is 4.27. The van der Waals surface area contributed by atoms with Gasteiger partial charge in [-0.3, -0.25) is 4.28 Å². The number of nitrogens with zero attached hydrogens (tertiary/aromatic N) is 5. The van der Waals surface area contributed by atoms with E-state index in [1.54, 1.807) is 0 Å². The number of nitrogen functional groups attached to an aromatic ring is 1. The molecule has 2 N–H and O–H groups in total. The zero-order valence-electron chi connectivity index (χ0n) is 18.1. The maximum atomic E-state index is 11.6. The molecule has 0 aromatic carbocycles. The zero-order chi connectivity index (χ0) is 21.6. The van der Waals surface area contributed by atoms with E-state index < -0.39 is 10.1 Å². The summed E-state index contributed by atoms with van der Waals surface area (Å²) >= 11 is 0. The van der Waals surface area contributed by atoms with Crippen LogP contribution >= 0.6 is 0 Å². The molecule has 0 amide bonds. The number of hydrogen-bond acceptors (Lipinski definition) is 8. The third-order valence-electron chi connectivity index (χ3n) is 5.43. The van der Waals surface area contributed by atoms with Gasteiger partial charge in [0.25, 0.3) is 0 Å². The number of aryl methyl sites for hydroxylation is 2. The van der Waals surface area contributed by atoms with Gasteiger partial charge in [0.05, 0.1) is 11.9 Å². The first-order valence-electron chi connectivity index (χ1n) is 11.0. The lowest BCUT2D eigenvalue weighted by atomic mass is 10.1. The highest BCUT2D eigenvalue weighted by molar-refractivity contribution is 7.86. The van der Waals surface area contributed by atoms with Crippen LogP contribution in [0, 0.1) is 0 Å². The van der Waals surface area contributed by atoms with Gasteiger partial charge in [-0.15, -0.1) is 5.10 Å². The molecule has 0 saturated carbocycles. The first-order valence-corrected chi connectivity index (χ1v) is 12.9. The van der Waals surface area contributed by atoms with Gasteiger partial charge in [0.1, 0.15) is 11.3 Å². The lowest BCUT2D eigenvalue weighted by Crippen LogP contribution is -2.20. The number of likely N-dealkylation sites (tertiary alicyclic amines) is 1. The lowest BCUT2D eigenvalue weighted by molar-refractivity contribution is 0.253. The molecule has 1 aliphatic heterocycles. The Hall–Kier alpha value is -1.94. The molecule has 1 saturated heterocycles. The van der Waals surface area contributed by atoms with E-state index in [4.69, 9.17) is 10.0 Å². The van der Waals surface area contributed by atoms with Crippen molar-refractivity contribution in [1.29, 1.82) is 0 Å². The van der Waals surface area contributed by atoms with Gasteiger partial charge < -0.3 is 10.6 Å². The molecular weight excluding hydrogens is 404 g/mol. The summed E-state index contributed by atoms with van der Waals surface area (Å²) in [5, 5.41) is 4.36. The van der Waals surface area contributed by atoms with Gasteiger partial charge in [-0.2, -0.15) is 8.42 Å². The first-order chi connectivity index (χ1) is 14.4. The van der Waals surface area contributed by atoms with Gasteiger partial charge in [-0.05, 0) is 58.2 Å². The minimum absolute atomic E-state index is 0.194. The third kappa shape index (κ3) is 6.28. The van der Waals surface area contributed by atoms with Crippen molar-refractivity contribution in [1.82, 2.24) is 24.8 Å². The number of anilines is 1. The Labute approximate surface area is 179 Å². The van der Waals surface area contributed by atoms with Gasteiger partial charge in [-0.25, -0.2) is 9.97 Å². The van der Waals surface area contributed by atoms with Crippen molar-refractivity contribution in [2.75, 3.05) is 31.6 Å². The van der Waals surface area contributed by atoms with Crippen molar-refractivity contribution < 1.29 is 12.7 Å². The van der Waals surface area contributed by atoms with Crippen LogP contribution in [-0.2, 0) is 23.0 Å². The SMILES string of the molecule is CCCCc1nc(N)c2c(n1)c(CCCCCCN1CCCC1)nn2OS(C)(=O)=O. The second-order valence-corrected chi connectivity index (χ2v) is 9.69. The molecule has 0 spiro atoms. The van der Waals surface area contributed by atoms with Crippen LogP contribution in [0.4, 0.5) is 5.82 Å². The van der Waals surface area contributed by atoms with E-state index in [0.29, 0.717) is 29.0 Å². The summed E-state index contributed by atoms with van der Waals surface area (Å²) in [6.45, 7) is 5.77. The molecule has 0 unspecified atom stereocenters. The second kappa shape index (κ2) is 10.4. The van der Waals surface area contributed by atoms with Crippen molar-refractivity contribution in [3.8, 4) is 0 Å². The summed E-state index contributed by atoms with van der Waals surface area (Å²) in [4.78, 5) is 12.5. The summed E-state index contributed by atoms with van der Waals surface area (Å²) in [5.41, 5.74) is 7.75. The Balaban J connectivity index is 1.68. The number of rotatable bonds is 12. The molecule has 168 valence electrons. The predicted octanol–water partition coefficient (Wildman–Crippen LogP) is 2.34. The van der Waals surface area contributed by atoms with Crippen LogP contribution < -0.4 is 10.0 Å². The number of fused-ring (bicyclic) bond motifs is 1. The van der Waals surface area contributed by atoms with Crippen molar-refractivity contribution in [3.63, 3.8) is 0 Å². The first kappa shape index (κ1) is 22.7. The normalized spacial score (nSPS) is 15.3. The van der Waals surface area contributed by atoms with Crippen molar-refractivity contribution in [3.05, 3.63) is 11.5 Å². The number of nitrogens with two attached hydrogens (primary N) is 1. The highest BCUT2D eigenvalue weighted by atomic mass is 32.2. The van der Waals surface area contributed by atoms with Crippen LogP contribution in [0.2, 0.25) is 0 Å². The van der Waals surface area contributed by atoms with Gasteiger partial charge in [0.15, 0.2) is 11.3 Å². The van der Waals surface area contributed by atoms with E-state index >= 15 is 0 Å². The van der Waals surface area contributed by atoms with Crippen molar-refractivity contribution in [2.24, 2.45) is 0 Å². The van der Waals surface area contributed by atoms with Crippen molar-refractivity contribution >= 4 is 27.0 Å². The Morgan fingerprint density at radius 3 is 2.47 bits per heavy atom. The maximum Gasteiger partial charge on any atom is 0.325 e. The van der Waals surface area contributed by atoms with E-state index in [0.717, 1.165) is 43.2 Å². The highest BCUT2D eigenvalue weighted by Crippen LogP contribution is 2.23. The summed E-state index contributed by atoms with van der Waals surface area (Å²) in [6.07, 6.45) is 11.5. The van der Waals surface area contributed by atoms with Gasteiger partial charge in [0, 0.05) is 6.42 Å². The fourth-order valence-electron chi connectivity index (χ4n) is 3.90. The van der Waals surface area contributed by atoms with Gasteiger partial charge >= 0.3 is 10.1 Å². The zero-order valence-corrected chi connectivity index (χ0v) is 19.0. The molecule has 30 heavy (non-hydrogen) atoms. The maximum absolute atomic E-state index is 11.6. The summed E-state index contributed by atoms with van der Waals surface area (Å²) in [6, 6.07) is 0. The van der Waals surface area contributed by atoms with E-state index in [-0.39, 0.29) is 5.82 Å². The fraction of sp³-hybridized carbons (Fsp3) is 0.750. The Morgan fingerprint density at radius 2 is 1.77 bits per heavy atom. The lowest BCUT2D eigenvalue weighted by Gasteiger charge is -2.13. The number of aromatic nitrogens is 4. The molecule has 0 radical (unpaired) electrons. The van der Waals surface area contributed by atoms with Gasteiger partial charge in [0.2, 0.25) is 0 Å². The molecule has 0 bridgehead atoms. The summed E-state index contributed by atoms with van der Waals surface area (Å²) < 4.78 is 28.3. The van der Waals surface area contributed by atoms with E-state index in [1.807, 2.05) is 0 Å². The molecule has 3 heterocycles. The molecule has 10 heteroatoms. The van der Waals surface area contributed by atoms with Crippen LogP contribution in [0.5, 0.6) is 0 Å². The van der Waals surface area contributed by atoms with Crippen molar-refractivity contribution in [2.45, 2.75) is 71.1 Å². The predicted molar refractivity (Wildman–Crippen MR) is 118 cm³/mol. The minimum atomic E-state index is -3.75. The Morgan fingerprint density at radius 1 is 1.03 bits per heavy atom. The van der Waals surface area contributed by atoms with E-state index in [9.17, 15) is 8.42 Å². The van der Waals surface area contributed by atoms with Gasteiger partial charge in [-0.1, -0.05) is 31.0 Å².